The molecule has 0 spiro atoms. The molecule has 2 aromatic rings. The molecule has 1 fully saturated rings. The van der Waals surface area contributed by atoms with Gasteiger partial charge in [0.15, 0.2) is 0 Å². The summed E-state index contributed by atoms with van der Waals surface area (Å²) in [5.74, 6) is -0.307. The maximum atomic E-state index is 13.8. The second-order valence-corrected chi connectivity index (χ2v) is 6.27. The molecule has 4 nitrogen and oxygen atoms in total. The molecule has 130 valence electrons. The van der Waals surface area contributed by atoms with E-state index in [4.69, 9.17) is 4.74 Å². The fourth-order valence-corrected chi connectivity index (χ4v) is 3.19. The van der Waals surface area contributed by atoms with Crippen molar-refractivity contribution >= 4 is 0 Å². The van der Waals surface area contributed by atoms with Crippen LogP contribution in [-0.2, 0) is 13.2 Å². The van der Waals surface area contributed by atoms with E-state index in [1.165, 1.54) is 25.3 Å². The maximum absolute atomic E-state index is 13.8. The molecule has 6 heteroatoms. The van der Waals surface area contributed by atoms with Gasteiger partial charge < -0.3 is 10.1 Å². The summed E-state index contributed by atoms with van der Waals surface area (Å²) in [6, 6.07) is 5.60. The summed E-state index contributed by atoms with van der Waals surface area (Å²) < 4.78 is 34.8. The van der Waals surface area contributed by atoms with Gasteiger partial charge in [-0.15, -0.1) is 0 Å². The summed E-state index contributed by atoms with van der Waals surface area (Å²) >= 11 is 0. The highest BCUT2D eigenvalue weighted by molar-refractivity contribution is 5.21. The van der Waals surface area contributed by atoms with E-state index in [9.17, 15) is 8.78 Å². The Morgan fingerprint density at radius 1 is 1.21 bits per heavy atom. The monoisotopic (exact) mass is 335 g/mol. The van der Waals surface area contributed by atoms with Crippen LogP contribution in [0.4, 0.5) is 8.78 Å². The molecule has 0 unspecified atom stereocenters. The van der Waals surface area contributed by atoms with Crippen molar-refractivity contribution in [3.8, 4) is 5.88 Å². The minimum absolute atomic E-state index is 0.0129. The quantitative estimate of drug-likeness (QED) is 0.868. The molecule has 1 aromatic heterocycles. The minimum atomic E-state index is -0.466. The van der Waals surface area contributed by atoms with Gasteiger partial charge in [-0.25, -0.2) is 13.5 Å². The molecule has 0 saturated heterocycles. The Balaban J connectivity index is 1.79. The van der Waals surface area contributed by atoms with E-state index in [1.54, 1.807) is 0 Å². The first-order chi connectivity index (χ1) is 11.7. The molecule has 0 radical (unpaired) electrons. The molecule has 0 bridgehead atoms. The van der Waals surface area contributed by atoms with Crippen molar-refractivity contribution in [2.45, 2.75) is 51.3 Å². The average molecular weight is 335 g/mol. The smallest absolute Gasteiger partial charge is 0.212 e. The van der Waals surface area contributed by atoms with Crippen LogP contribution in [0.2, 0.25) is 0 Å². The van der Waals surface area contributed by atoms with Gasteiger partial charge in [0.1, 0.15) is 18.2 Å². The van der Waals surface area contributed by atoms with Gasteiger partial charge in [0, 0.05) is 18.2 Å². The van der Waals surface area contributed by atoms with Gasteiger partial charge in [-0.05, 0) is 38.1 Å². The third kappa shape index (κ3) is 3.93. The van der Waals surface area contributed by atoms with Crippen molar-refractivity contribution < 1.29 is 13.5 Å². The van der Waals surface area contributed by atoms with E-state index in [1.807, 2.05) is 17.8 Å². The van der Waals surface area contributed by atoms with Crippen LogP contribution < -0.4 is 10.1 Å². The summed E-state index contributed by atoms with van der Waals surface area (Å²) in [5.41, 5.74) is 1.10. The Bertz CT molecular complexity index is 681. The third-order valence-corrected chi connectivity index (χ3v) is 4.41. The number of ether oxygens (including phenoxy) is 1. The highest BCUT2D eigenvalue weighted by atomic mass is 19.1. The van der Waals surface area contributed by atoms with E-state index >= 15 is 0 Å². The second kappa shape index (κ2) is 7.75. The van der Waals surface area contributed by atoms with Gasteiger partial charge in [-0.3, -0.25) is 0 Å². The summed E-state index contributed by atoms with van der Waals surface area (Å²) in [7, 11) is 1.86. The lowest BCUT2D eigenvalue weighted by atomic mass is 9.96. The fourth-order valence-electron chi connectivity index (χ4n) is 3.19. The van der Waals surface area contributed by atoms with Crippen molar-refractivity contribution in [1.29, 1.82) is 0 Å². The molecule has 3 rings (SSSR count). The Morgan fingerprint density at radius 2 is 2.00 bits per heavy atom. The lowest BCUT2D eigenvalue weighted by molar-refractivity contribution is 0.234. The number of nitrogens with zero attached hydrogens (tertiary/aromatic N) is 2. The molecule has 1 aromatic carbocycles. The average Bonchev–Trinajstić information content (AvgIpc) is 3.00. The fraction of sp³-hybridized carbons (Fsp3) is 0.500. The number of hydrogen-bond acceptors (Lipinski definition) is 3. The molecule has 1 heterocycles. The normalized spacial score (nSPS) is 15.6. The third-order valence-electron chi connectivity index (χ3n) is 4.41. The lowest BCUT2D eigenvalue weighted by Crippen LogP contribution is -2.16. The highest BCUT2D eigenvalue weighted by Gasteiger charge is 2.21. The van der Waals surface area contributed by atoms with E-state index in [0.717, 1.165) is 30.7 Å². The standard InChI is InChI=1S/C18H23F2N3O/c1-21-11-15-10-18(23(22-15)16-5-3-2-4-6-16)24-12-13-9-14(19)7-8-17(13)20/h7-10,16,21H,2-6,11-12H2,1H3. The van der Waals surface area contributed by atoms with Crippen LogP contribution in [0.15, 0.2) is 24.3 Å². The number of aromatic nitrogens is 2. The Morgan fingerprint density at radius 3 is 2.75 bits per heavy atom. The number of hydrogen-bond donors (Lipinski definition) is 1. The number of benzene rings is 1. The zero-order chi connectivity index (χ0) is 16.9. The zero-order valence-corrected chi connectivity index (χ0v) is 13.9. The first-order valence-electron chi connectivity index (χ1n) is 8.47. The number of rotatable bonds is 6. The van der Waals surface area contributed by atoms with Crippen LogP contribution in [0, 0.1) is 11.6 Å². The molecular weight excluding hydrogens is 312 g/mol. The largest absolute Gasteiger partial charge is 0.473 e. The minimum Gasteiger partial charge on any atom is -0.473 e. The molecule has 1 saturated carbocycles. The molecule has 1 aliphatic carbocycles. The maximum Gasteiger partial charge on any atom is 0.212 e. The summed E-state index contributed by atoms with van der Waals surface area (Å²) in [6.45, 7) is 0.630. The predicted octanol–water partition coefficient (Wildman–Crippen LogP) is 3.96. The first kappa shape index (κ1) is 16.9. The van der Waals surface area contributed by atoms with Crippen LogP contribution in [0.1, 0.15) is 49.4 Å². The SMILES string of the molecule is CNCc1cc(OCc2cc(F)ccc2F)n(C2CCCCC2)n1. The van der Waals surface area contributed by atoms with Crippen molar-refractivity contribution in [3.63, 3.8) is 0 Å². The van der Waals surface area contributed by atoms with Crippen molar-refractivity contribution in [2.24, 2.45) is 0 Å². The van der Waals surface area contributed by atoms with Crippen molar-refractivity contribution in [1.82, 2.24) is 15.1 Å². The van der Waals surface area contributed by atoms with E-state index in [-0.39, 0.29) is 12.2 Å². The molecule has 1 N–H and O–H groups in total. The van der Waals surface area contributed by atoms with Crippen LogP contribution in [-0.4, -0.2) is 16.8 Å². The lowest BCUT2D eigenvalue weighted by Gasteiger charge is -2.23. The van der Waals surface area contributed by atoms with Gasteiger partial charge >= 0.3 is 0 Å². The summed E-state index contributed by atoms with van der Waals surface area (Å²) in [4.78, 5) is 0. The van der Waals surface area contributed by atoms with Crippen molar-refractivity contribution in [2.75, 3.05) is 7.05 Å². The zero-order valence-electron chi connectivity index (χ0n) is 13.9. The Hall–Kier alpha value is -1.95. The van der Waals surface area contributed by atoms with Crippen LogP contribution in [0.5, 0.6) is 5.88 Å². The summed E-state index contributed by atoms with van der Waals surface area (Å²) in [6.07, 6.45) is 5.77. The highest BCUT2D eigenvalue weighted by Crippen LogP contribution is 2.32. The van der Waals surface area contributed by atoms with Crippen LogP contribution in [0.25, 0.3) is 0 Å². The van der Waals surface area contributed by atoms with Gasteiger partial charge in [-0.2, -0.15) is 5.10 Å². The van der Waals surface area contributed by atoms with Crippen LogP contribution in [0.3, 0.4) is 0 Å². The van der Waals surface area contributed by atoms with Crippen LogP contribution >= 0.6 is 0 Å². The molecule has 1 aliphatic rings. The Labute approximate surface area is 140 Å². The van der Waals surface area contributed by atoms with E-state index in [2.05, 4.69) is 10.4 Å². The van der Waals surface area contributed by atoms with Gasteiger partial charge in [0.25, 0.3) is 0 Å². The molecular formula is C18H23F2N3O. The van der Waals surface area contributed by atoms with E-state index < -0.39 is 11.6 Å². The van der Waals surface area contributed by atoms with E-state index in [0.29, 0.717) is 18.5 Å². The number of halogens is 2. The first-order valence-corrected chi connectivity index (χ1v) is 8.47. The molecule has 0 atom stereocenters. The summed E-state index contributed by atoms with van der Waals surface area (Å²) in [5, 5.41) is 7.71. The van der Waals surface area contributed by atoms with Crippen molar-refractivity contribution in [3.05, 3.63) is 47.2 Å². The Kier molecular flexibility index (Phi) is 5.45. The molecule has 0 aliphatic heterocycles. The number of nitrogens with one attached hydrogen (secondary N) is 1. The van der Waals surface area contributed by atoms with Gasteiger partial charge in [0.2, 0.25) is 5.88 Å². The predicted molar refractivity (Wildman–Crippen MR) is 87.8 cm³/mol. The molecule has 24 heavy (non-hydrogen) atoms. The molecule has 0 amide bonds. The second-order valence-electron chi connectivity index (χ2n) is 6.27. The van der Waals surface area contributed by atoms with Gasteiger partial charge in [0.05, 0.1) is 11.7 Å². The topological polar surface area (TPSA) is 39.1 Å². The van der Waals surface area contributed by atoms with Gasteiger partial charge in [-0.1, -0.05) is 19.3 Å².